The molecule has 4 aromatic rings. The summed E-state index contributed by atoms with van der Waals surface area (Å²) in [5.41, 5.74) is 7.87. The maximum absolute atomic E-state index is 13.7. The lowest BCUT2D eigenvalue weighted by Crippen LogP contribution is -2.46. The fourth-order valence-electron chi connectivity index (χ4n) is 10.3. The Morgan fingerprint density at radius 2 is 0.986 bits per heavy atom. The molecule has 16 nitrogen and oxygen atoms in total. The molecule has 4 aromatic carbocycles. The third-order valence-electron chi connectivity index (χ3n) is 14.2. The Hall–Kier alpha value is -5.59. The Morgan fingerprint density at radius 3 is 1.36 bits per heavy atom. The number of piperazine rings is 2. The van der Waals surface area contributed by atoms with Gasteiger partial charge in [0.2, 0.25) is 0 Å². The zero-order chi connectivity index (χ0) is 50.0. The highest BCUT2D eigenvalue weighted by molar-refractivity contribution is 7.85. The number of likely N-dealkylation sites (N-methyl/N-ethyl adjacent to an activating group) is 2. The highest BCUT2D eigenvalue weighted by atomic mass is 32.2. The predicted molar refractivity (Wildman–Crippen MR) is 272 cm³/mol. The second kappa shape index (κ2) is 24.0. The van der Waals surface area contributed by atoms with Crippen molar-refractivity contribution in [2.75, 3.05) is 123 Å². The van der Waals surface area contributed by atoms with Crippen molar-refractivity contribution in [3.05, 3.63) is 106 Å². The number of carbonyl (C=O) groups excluding carboxylic acids is 2. The van der Waals surface area contributed by atoms with E-state index >= 15 is 0 Å². The van der Waals surface area contributed by atoms with Crippen LogP contribution >= 0.6 is 0 Å². The molecule has 0 aliphatic carbocycles. The van der Waals surface area contributed by atoms with Gasteiger partial charge >= 0.3 is 0 Å². The molecule has 0 bridgehead atoms. The summed E-state index contributed by atoms with van der Waals surface area (Å²) in [4.78, 5) is 40.8. The van der Waals surface area contributed by atoms with Gasteiger partial charge in [-0.2, -0.15) is 8.42 Å². The lowest BCUT2D eigenvalue weighted by Gasteiger charge is -2.36. The third-order valence-corrected chi connectivity index (χ3v) is 14.7. The molecule has 4 aliphatic rings. The van der Waals surface area contributed by atoms with Crippen molar-refractivity contribution >= 4 is 33.3 Å². The minimum atomic E-state index is -3.53. The number of anilines is 2. The molecule has 2 amide bonds. The molecule has 2 saturated heterocycles. The molecule has 4 aliphatic heterocycles. The molecular formula is C53H72N6O10S. The minimum Gasteiger partial charge on any atom is -0.493 e. The van der Waals surface area contributed by atoms with E-state index in [1.807, 2.05) is 70.5 Å². The number of hydrogen-bond acceptors (Lipinski definition) is 14. The number of fused-ring (bicyclic) bond motifs is 2. The van der Waals surface area contributed by atoms with Crippen LogP contribution in [0.4, 0.5) is 11.4 Å². The number of nitrogens with zero attached hydrogens (tertiary/aromatic N) is 6. The molecule has 0 unspecified atom stereocenters. The number of methoxy groups -OCH3 is 4. The molecule has 2 fully saturated rings. The first-order valence-electron chi connectivity index (χ1n) is 24.6. The first-order valence-corrected chi connectivity index (χ1v) is 26.4. The van der Waals surface area contributed by atoms with Gasteiger partial charge in [0.15, 0.2) is 23.0 Å². The van der Waals surface area contributed by atoms with Crippen molar-refractivity contribution < 1.29 is 46.2 Å². The number of ether oxygens (including phenoxy) is 4. The molecule has 0 aromatic heterocycles. The lowest BCUT2D eigenvalue weighted by molar-refractivity contribution is 0.0677. The first-order chi connectivity index (χ1) is 33.9. The molecule has 0 radical (unpaired) electrons. The molecular weight excluding hydrogens is 913 g/mol. The van der Waals surface area contributed by atoms with Crippen LogP contribution in [-0.4, -0.2) is 158 Å². The molecule has 0 spiro atoms. The average Bonchev–Trinajstić information content (AvgIpc) is 3.91. The maximum atomic E-state index is 13.7. The second-order valence-electron chi connectivity index (χ2n) is 18.1. The Kier molecular flexibility index (Phi) is 17.9. The van der Waals surface area contributed by atoms with E-state index in [1.54, 1.807) is 28.4 Å². The summed E-state index contributed by atoms with van der Waals surface area (Å²) in [6.07, 6.45) is 3.34. The van der Waals surface area contributed by atoms with Crippen LogP contribution in [0.5, 0.6) is 23.0 Å². The second-order valence-corrected chi connectivity index (χ2v) is 19.8. The third kappa shape index (κ3) is 11.9. The molecule has 4 heterocycles. The maximum Gasteiger partial charge on any atom is 0.264 e. The van der Waals surface area contributed by atoms with E-state index in [2.05, 4.69) is 45.6 Å². The normalized spacial score (nSPS) is 17.2. The topological polar surface area (TPSA) is 154 Å². The van der Waals surface area contributed by atoms with Crippen LogP contribution < -0.4 is 28.7 Å². The highest BCUT2D eigenvalue weighted by Gasteiger charge is 2.38. The van der Waals surface area contributed by atoms with Gasteiger partial charge in [0.25, 0.3) is 21.9 Å². The van der Waals surface area contributed by atoms with E-state index in [9.17, 15) is 23.1 Å². The van der Waals surface area contributed by atoms with E-state index in [1.165, 1.54) is 5.69 Å². The summed E-state index contributed by atoms with van der Waals surface area (Å²) >= 11 is 0. The number of hydrogen-bond donors (Lipinski definition) is 1. The highest BCUT2D eigenvalue weighted by Crippen LogP contribution is 2.42. The summed E-state index contributed by atoms with van der Waals surface area (Å²) < 4.78 is 49.7. The van der Waals surface area contributed by atoms with Crippen molar-refractivity contribution in [1.29, 1.82) is 0 Å². The smallest absolute Gasteiger partial charge is 0.264 e. The number of aliphatic hydroxyl groups is 1. The van der Waals surface area contributed by atoms with Gasteiger partial charge < -0.3 is 53.5 Å². The van der Waals surface area contributed by atoms with Crippen molar-refractivity contribution in [2.45, 2.75) is 64.7 Å². The fraction of sp³-hybridized carbons (Fsp3) is 0.509. The van der Waals surface area contributed by atoms with Crippen molar-refractivity contribution in [3.63, 3.8) is 0 Å². The lowest BCUT2D eigenvalue weighted by atomic mass is 9.99. The molecule has 380 valence electrons. The average molecular weight is 985 g/mol. The van der Waals surface area contributed by atoms with Gasteiger partial charge in [-0.3, -0.25) is 13.8 Å². The van der Waals surface area contributed by atoms with Crippen LogP contribution in [-0.2, 0) is 27.4 Å². The Labute approximate surface area is 414 Å². The summed E-state index contributed by atoms with van der Waals surface area (Å²) in [6.45, 7) is 15.6. The summed E-state index contributed by atoms with van der Waals surface area (Å²) in [5.74, 6) is 2.52. The minimum absolute atomic E-state index is 0.0205. The first kappa shape index (κ1) is 52.2. The van der Waals surface area contributed by atoms with Crippen LogP contribution in [0.25, 0.3) is 0 Å². The zero-order valence-corrected chi connectivity index (χ0v) is 42.8. The van der Waals surface area contributed by atoms with Crippen LogP contribution in [0.1, 0.15) is 94.6 Å². The summed E-state index contributed by atoms with van der Waals surface area (Å²) in [6, 6.07) is 23.1. The number of amides is 2. The quantitative estimate of drug-likeness (QED) is 0.0746. The van der Waals surface area contributed by atoms with Gasteiger partial charge in [-0.1, -0.05) is 38.1 Å². The Balaban J connectivity index is 0.000000208. The molecule has 1 N–H and O–H groups in total. The number of aliphatic hydroxyl groups excluding tert-OH is 1. The molecule has 17 heteroatoms. The van der Waals surface area contributed by atoms with Gasteiger partial charge in [-0.05, 0) is 98.4 Å². The number of benzene rings is 4. The number of rotatable bonds is 20. The van der Waals surface area contributed by atoms with E-state index in [4.69, 9.17) is 23.1 Å². The zero-order valence-electron chi connectivity index (χ0n) is 42.0. The van der Waals surface area contributed by atoms with Gasteiger partial charge in [0, 0.05) is 106 Å². The molecule has 2 atom stereocenters. The molecule has 0 saturated carbocycles. The van der Waals surface area contributed by atoms with Crippen LogP contribution in [0.3, 0.4) is 0 Å². The predicted octanol–water partition coefficient (Wildman–Crippen LogP) is 6.61. The van der Waals surface area contributed by atoms with Crippen LogP contribution in [0.2, 0.25) is 0 Å². The van der Waals surface area contributed by atoms with Crippen molar-refractivity contribution in [2.24, 2.45) is 0 Å². The van der Waals surface area contributed by atoms with Crippen LogP contribution in [0.15, 0.2) is 72.8 Å². The standard InChI is InChI=1S/C27H37N3O6S.C26H35N3O4/c1-5-28-13-15-29(16-14-28)24-9-6-8-21-22(24)19-30(27(21)31)23(10-7-17-36-37(4,32)33)20-11-12-25(34-2)26(18-20)35-3;1-4-27-12-14-28(15-13-27)23-8-5-7-20-21(23)18-29(26(20)31)22(9-6-16-30)19-10-11-24(32-2)25(17-19)33-3/h6,8-9,11-12,18,23H,5,7,10,13-17,19H2,1-4H3;5,7-8,10-11,17,22,30H,4,6,9,12-16,18H2,1-3H3/t23-;22-/m11/s1. The molecule has 8 rings (SSSR count). The van der Waals surface area contributed by atoms with Crippen LogP contribution in [0, 0.1) is 0 Å². The van der Waals surface area contributed by atoms with Crippen molar-refractivity contribution in [1.82, 2.24) is 19.6 Å². The van der Waals surface area contributed by atoms with Gasteiger partial charge in [-0.15, -0.1) is 0 Å². The monoisotopic (exact) mass is 985 g/mol. The van der Waals surface area contributed by atoms with E-state index in [0.29, 0.717) is 61.8 Å². The summed E-state index contributed by atoms with van der Waals surface area (Å²) in [5, 5.41) is 9.52. The van der Waals surface area contributed by atoms with E-state index < -0.39 is 10.1 Å². The van der Waals surface area contributed by atoms with Gasteiger partial charge in [-0.25, -0.2) is 0 Å². The summed E-state index contributed by atoms with van der Waals surface area (Å²) in [7, 11) is 2.87. The van der Waals surface area contributed by atoms with E-state index in [0.717, 1.165) is 111 Å². The van der Waals surface area contributed by atoms with Gasteiger partial charge in [0.1, 0.15) is 0 Å². The fourth-order valence-corrected chi connectivity index (χ4v) is 10.7. The largest absolute Gasteiger partial charge is 0.493 e. The van der Waals surface area contributed by atoms with E-state index in [-0.39, 0.29) is 37.1 Å². The van der Waals surface area contributed by atoms with Gasteiger partial charge in [0.05, 0.1) is 53.4 Å². The molecule has 70 heavy (non-hydrogen) atoms. The Morgan fingerprint density at radius 1 is 0.571 bits per heavy atom. The SMILES string of the molecule is CCN1CCN(c2cccc3c2CN([C@H](CCCO)c2ccc(OC)c(OC)c2)C3=O)CC1.CCN1CCN(c2cccc3c2CN([C@H](CCCOS(C)(=O)=O)c2ccc(OC)c(OC)c2)C3=O)CC1. The number of carbonyl (C=O) groups is 2. The Bertz CT molecular complexity index is 2530. The van der Waals surface area contributed by atoms with Crippen molar-refractivity contribution in [3.8, 4) is 23.0 Å².